The number of methoxy groups -OCH3 is 1. The van der Waals surface area contributed by atoms with Gasteiger partial charge in [-0.25, -0.2) is 0 Å². The van der Waals surface area contributed by atoms with Crippen LogP contribution < -0.4 is 4.74 Å². The average Bonchev–Trinajstić information content (AvgIpc) is 2.37. The number of carbonyl (C=O) groups is 1. The number of aryl methyl sites for hydroxylation is 2. The van der Waals surface area contributed by atoms with Crippen LogP contribution >= 0.6 is 0 Å². The minimum absolute atomic E-state index is 0.00685. The van der Waals surface area contributed by atoms with Gasteiger partial charge in [-0.1, -0.05) is 0 Å². The minimum Gasteiger partial charge on any atom is -0.496 e. The van der Waals surface area contributed by atoms with E-state index < -0.39 is 6.10 Å². The lowest BCUT2D eigenvalue weighted by molar-refractivity contribution is 0.0473. The number of piperidine rings is 1. The maximum absolute atomic E-state index is 12.4. The Balaban J connectivity index is 2.24. The van der Waals surface area contributed by atoms with E-state index in [1.165, 1.54) is 0 Å². The van der Waals surface area contributed by atoms with Crippen molar-refractivity contribution in [3.63, 3.8) is 0 Å². The molecule has 104 valence electrons. The van der Waals surface area contributed by atoms with Crippen LogP contribution in [0.25, 0.3) is 0 Å². The third kappa shape index (κ3) is 2.89. The molecule has 1 saturated heterocycles. The molecule has 19 heavy (non-hydrogen) atoms. The van der Waals surface area contributed by atoms with Gasteiger partial charge in [-0.2, -0.15) is 0 Å². The van der Waals surface area contributed by atoms with Gasteiger partial charge in [0.1, 0.15) is 5.75 Å². The van der Waals surface area contributed by atoms with E-state index in [0.29, 0.717) is 12.1 Å². The van der Waals surface area contributed by atoms with Crippen molar-refractivity contribution in [2.45, 2.75) is 32.8 Å². The summed E-state index contributed by atoms with van der Waals surface area (Å²) in [4.78, 5) is 14.2. The monoisotopic (exact) mass is 263 g/mol. The summed E-state index contributed by atoms with van der Waals surface area (Å²) in [7, 11) is 1.64. The number of aliphatic hydroxyl groups is 1. The number of aliphatic hydroxyl groups excluding tert-OH is 1. The zero-order valence-corrected chi connectivity index (χ0v) is 11.8. The Morgan fingerprint density at radius 3 is 2.53 bits per heavy atom. The fourth-order valence-corrected chi connectivity index (χ4v) is 2.72. The Morgan fingerprint density at radius 1 is 1.37 bits per heavy atom. The number of ether oxygens (including phenoxy) is 1. The highest BCUT2D eigenvalue weighted by atomic mass is 16.5. The van der Waals surface area contributed by atoms with Crippen LogP contribution in [0.1, 0.15) is 34.3 Å². The van der Waals surface area contributed by atoms with Gasteiger partial charge in [-0.05, 0) is 49.9 Å². The Bertz CT molecular complexity index is 461. The first-order chi connectivity index (χ1) is 9.02. The third-order valence-corrected chi connectivity index (χ3v) is 3.60. The van der Waals surface area contributed by atoms with E-state index in [2.05, 4.69) is 0 Å². The molecule has 1 atom stereocenters. The summed E-state index contributed by atoms with van der Waals surface area (Å²) in [5.41, 5.74) is 2.59. The van der Waals surface area contributed by atoms with Crippen LogP contribution in [0.5, 0.6) is 5.75 Å². The molecule has 1 N–H and O–H groups in total. The van der Waals surface area contributed by atoms with E-state index in [4.69, 9.17) is 4.74 Å². The topological polar surface area (TPSA) is 49.8 Å². The lowest BCUT2D eigenvalue weighted by atomic mass is 10.0. The molecule has 0 aromatic heterocycles. The van der Waals surface area contributed by atoms with Crippen molar-refractivity contribution >= 4 is 5.91 Å². The normalized spacial score (nSPS) is 19.4. The number of β-amino-alcohol motifs (C(OH)–C–C–N with tert-alkyl or cyclic N) is 1. The first-order valence-electron chi connectivity index (χ1n) is 6.65. The molecule has 0 spiro atoms. The molecule has 0 aliphatic carbocycles. The minimum atomic E-state index is -0.391. The van der Waals surface area contributed by atoms with Gasteiger partial charge >= 0.3 is 0 Å². The molecule has 0 radical (unpaired) electrons. The van der Waals surface area contributed by atoms with Gasteiger partial charge in [-0.3, -0.25) is 4.79 Å². The van der Waals surface area contributed by atoms with E-state index in [1.807, 2.05) is 26.0 Å². The van der Waals surface area contributed by atoms with Gasteiger partial charge in [0.2, 0.25) is 0 Å². The van der Waals surface area contributed by atoms with Crippen molar-refractivity contribution in [3.8, 4) is 5.75 Å². The van der Waals surface area contributed by atoms with Crippen LogP contribution in [-0.4, -0.2) is 42.2 Å². The summed E-state index contributed by atoms with van der Waals surface area (Å²) < 4.78 is 5.31. The second-order valence-corrected chi connectivity index (χ2v) is 5.19. The smallest absolute Gasteiger partial charge is 0.253 e. The molecule has 1 aromatic rings. The molecule has 2 rings (SSSR count). The standard InChI is InChI=1S/C15H21NO3/c1-10-7-12(8-11(2)14(10)19-3)15(18)16-6-4-5-13(17)9-16/h7-8,13,17H,4-6,9H2,1-3H3. The molecule has 1 aliphatic heterocycles. The van der Waals surface area contributed by atoms with E-state index >= 15 is 0 Å². The number of amides is 1. The highest BCUT2D eigenvalue weighted by Gasteiger charge is 2.23. The Hall–Kier alpha value is -1.55. The first-order valence-corrected chi connectivity index (χ1v) is 6.65. The second-order valence-electron chi connectivity index (χ2n) is 5.19. The van der Waals surface area contributed by atoms with Crippen molar-refractivity contribution in [1.29, 1.82) is 0 Å². The summed E-state index contributed by atoms with van der Waals surface area (Å²) in [5, 5.41) is 9.65. The van der Waals surface area contributed by atoms with Crippen LogP contribution in [0.15, 0.2) is 12.1 Å². The summed E-state index contributed by atoms with van der Waals surface area (Å²) in [6, 6.07) is 3.71. The van der Waals surface area contributed by atoms with Crippen LogP contribution in [0, 0.1) is 13.8 Å². The number of hydrogen-bond acceptors (Lipinski definition) is 3. The van der Waals surface area contributed by atoms with Crippen LogP contribution in [0.4, 0.5) is 0 Å². The molecule has 1 unspecified atom stereocenters. The summed E-state index contributed by atoms with van der Waals surface area (Å²) in [6.45, 7) is 5.03. The molecule has 0 bridgehead atoms. The summed E-state index contributed by atoms with van der Waals surface area (Å²) in [5.74, 6) is 0.822. The molecule has 1 aliphatic rings. The maximum Gasteiger partial charge on any atom is 0.253 e. The van der Waals surface area contributed by atoms with E-state index in [0.717, 1.165) is 36.3 Å². The van der Waals surface area contributed by atoms with Gasteiger partial charge in [0, 0.05) is 18.7 Å². The number of nitrogens with zero attached hydrogens (tertiary/aromatic N) is 1. The Morgan fingerprint density at radius 2 is 2.00 bits per heavy atom. The highest BCUT2D eigenvalue weighted by molar-refractivity contribution is 5.95. The fourth-order valence-electron chi connectivity index (χ4n) is 2.72. The van der Waals surface area contributed by atoms with Crippen molar-refractivity contribution in [2.75, 3.05) is 20.2 Å². The molecule has 4 nitrogen and oxygen atoms in total. The number of rotatable bonds is 2. The molecule has 1 heterocycles. The molecule has 1 fully saturated rings. The molecular weight excluding hydrogens is 242 g/mol. The third-order valence-electron chi connectivity index (χ3n) is 3.60. The van der Waals surface area contributed by atoms with Gasteiger partial charge in [0.05, 0.1) is 13.2 Å². The second kappa shape index (κ2) is 5.61. The molecule has 4 heteroatoms. The van der Waals surface area contributed by atoms with Crippen molar-refractivity contribution < 1.29 is 14.6 Å². The van der Waals surface area contributed by atoms with E-state index in [1.54, 1.807) is 12.0 Å². The number of hydrogen-bond donors (Lipinski definition) is 1. The largest absolute Gasteiger partial charge is 0.496 e. The van der Waals surface area contributed by atoms with Gasteiger partial charge in [-0.15, -0.1) is 0 Å². The molecule has 1 amide bonds. The number of carbonyl (C=O) groups excluding carboxylic acids is 1. The lowest BCUT2D eigenvalue weighted by Gasteiger charge is -2.30. The summed E-state index contributed by atoms with van der Waals surface area (Å²) >= 11 is 0. The fraction of sp³-hybridized carbons (Fsp3) is 0.533. The van der Waals surface area contributed by atoms with Crippen LogP contribution in [-0.2, 0) is 0 Å². The lowest BCUT2D eigenvalue weighted by Crippen LogP contribution is -2.42. The zero-order valence-electron chi connectivity index (χ0n) is 11.8. The van der Waals surface area contributed by atoms with Gasteiger partial charge in [0.25, 0.3) is 5.91 Å². The van der Waals surface area contributed by atoms with Crippen molar-refractivity contribution in [2.24, 2.45) is 0 Å². The quantitative estimate of drug-likeness (QED) is 0.886. The Kier molecular flexibility index (Phi) is 4.10. The van der Waals surface area contributed by atoms with E-state index in [9.17, 15) is 9.90 Å². The summed E-state index contributed by atoms with van der Waals surface area (Å²) in [6.07, 6.45) is 1.25. The predicted octanol–water partition coefficient (Wildman–Crippen LogP) is 1.91. The number of likely N-dealkylation sites (tertiary alicyclic amines) is 1. The SMILES string of the molecule is COc1c(C)cc(C(=O)N2CCCC(O)C2)cc1C. The molecular formula is C15H21NO3. The maximum atomic E-state index is 12.4. The highest BCUT2D eigenvalue weighted by Crippen LogP contribution is 2.25. The predicted molar refractivity (Wildman–Crippen MR) is 73.6 cm³/mol. The zero-order chi connectivity index (χ0) is 14.0. The van der Waals surface area contributed by atoms with E-state index in [-0.39, 0.29) is 5.91 Å². The first kappa shape index (κ1) is 13.9. The van der Waals surface area contributed by atoms with Gasteiger partial charge in [0.15, 0.2) is 0 Å². The average molecular weight is 263 g/mol. The van der Waals surface area contributed by atoms with Crippen LogP contribution in [0.3, 0.4) is 0 Å². The van der Waals surface area contributed by atoms with Crippen molar-refractivity contribution in [1.82, 2.24) is 4.90 Å². The van der Waals surface area contributed by atoms with Crippen molar-refractivity contribution in [3.05, 3.63) is 28.8 Å². The molecule has 0 saturated carbocycles. The van der Waals surface area contributed by atoms with Crippen LogP contribution in [0.2, 0.25) is 0 Å². The molecule has 1 aromatic carbocycles. The Labute approximate surface area is 114 Å². The number of benzene rings is 1. The van der Waals surface area contributed by atoms with Gasteiger partial charge < -0.3 is 14.7 Å².